The van der Waals surface area contributed by atoms with Crippen molar-refractivity contribution in [1.29, 1.82) is 5.41 Å². The quantitative estimate of drug-likeness (QED) is 0.670. The van der Waals surface area contributed by atoms with E-state index < -0.39 is 0 Å². The Bertz CT molecular complexity index is 611. The first-order chi connectivity index (χ1) is 9.49. The summed E-state index contributed by atoms with van der Waals surface area (Å²) < 4.78 is 0. The first-order valence-electron chi connectivity index (χ1n) is 6.15. The van der Waals surface area contributed by atoms with Gasteiger partial charge in [-0.3, -0.25) is 5.41 Å². The molecule has 1 aromatic carbocycles. The third-order valence-electron chi connectivity index (χ3n) is 3.17. The zero-order valence-electron chi connectivity index (χ0n) is 11.3. The lowest BCUT2D eigenvalue weighted by atomic mass is 10.1. The van der Waals surface area contributed by atoms with Gasteiger partial charge in [-0.2, -0.15) is 0 Å². The molecule has 2 rings (SSSR count). The van der Waals surface area contributed by atoms with Crippen LogP contribution >= 0.6 is 11.6 Å². The lowest BCUT2D eigenvalue weighted by Crippen LogP contribution is -2.25. The number of nitrogens with zero attached hydrogens (tertiary/aromatic N) is 3. The van der Waals surface area contributed by atoms with E-state index in [0.717, 1.165) is 5.56 Å². The Hall–Kier alpha value is -2.14. The molecule has 1 aromatic heterocycles. The molecule has 1 atom stereocenters. The molecule has 0 saturated carbocycles. The van der Waals surface area contributed by atoms with Gasteiger partial charge in [-0.15, -0.1) is 0 Å². The predicted octanol–water partition coefficient (Wildman–Crippen LogP) is 2.61. The lowest BCUT2D eigenvalue weighted by molar-refractivity contribution is 0.714. The SMILES string of the molecule is CC(c1ccc(Cl)cc1)N(C)c1nccc(C(=N)N)n1. The highest BCUT2D eigenvalue weighted by Crippen LogP contribution is 2.23. The van der Waals surface area contributed by atoms with Crippen molar-refractivity contribution >= 4 is 23.4 Å². The highest BCUT2D eigenvalue weighted by atomic mass is 35.5. The van der Waals surface area contributed by atoms with E-state index >= 15 is 0 Å². The zero-order valence-corrected chi connectivity index (χ0v) is 12.1. The summed E-state index contributed by atoms with van der Waals surface area (Å²) >= 11 is 5.89. The number of nitrogens with two attached hydrogens (primary N) is 1. The van der Waals surface area contributed by atoms with Crippen LogP contribution in [0.5, 0.6) is 0 Å². The van der Waals surface area contributed by atoms with Crippen LogP contribution in [-0.2, 0) is 0 Å². The van der Waals surface area contributed by atoms with Crippen LogP contribution in [0.2, 0.25) is 5.02 Å². The maximum absolute atomic E-state index is 7.42. The summed E-state index contributed by atoms with van der Waals surface area (Å²) in [5, 5.41) is 8.13. The monoisotopic (exact) mass is 289 g/mol. The highest BCUT2D eigenvalue weighted by Gasteiger charge is 2.15. The molecule has 6 heteroatoms. The molecule has 20 heavy (non-hydrogen) atoms. The normalized spacial score (nSPS) is 11.9. The predicted molar refractivity (Wildman–Crippen MR) is 81.3 cm³/mol. The Morgan fingerprint density at radius 3 is 2.55 bits per heavy atom. The second kappa shape index (κ2) is 5.88. The molecule has 1 heterocycles. The molecule has 3 N–H and O–H groups in total. The Morgan fingerprint density at radius 1 is 1.30 bits per heavy atom. The van der Waals surface area contributed by atoms with Crippen LogP contribution < -0.4 is 10.6 Å². The molecule has 2 aromatic rings. The molecule has 0 amide bonds. The minimum absolute atomic E-state index is 0.0683. The number of amidine groups is 1. The fraction of sp³-hybridized carbons (Fsp3) is 0.214. The molecule has 0 saturated heterocycles. The third-order valence-corrected chi connectivity index (χ3v) is 3.42. The van der Waals surface area contributed by atoms with Crippen molar-refractivity contribution < 1.29 is 0 Å². The number of anilines is 1. The van der Waals surface area contributed by atoms with Crippen molar-refractivity contribution in [3.63, 3.8) is 0 Å². The summed E-state index contributed by atoms with van der Waals surface area (Å²) in [7, 11) is 1.90. The van der Waals surface area contributed by atoms with Gasteiger partial charge in [-0.1, -0.05) is 23.7 Å². The first kappa shape index (κ1) is 14.3. The smallest absolute Gasteiger partial charge is 0.226 e. The molecule has 0 aliphatic rings. The fourth-order valence-electron chi connectivity index (χ4n) is 1.81. The van der Waals surface area contributed by atoms with Gasteiger partial charge in [0.1, 0.15) is 11.5 Å². The number of hydrogen-bond donors (Lipinski definition) is 2. The summed E-state index contributed by atoms with van der Waals surface area (Å²) in [4.78, 5) is 10.4. The van der Waals surface area contributed by atoms with E-state index in [-0.39, 0.29) is 11.9 Å². The summed E-state index contributed by atoms with van der Waals surface area (Å²) in [6.45, 7) is 2.05. The van der Waals surface area contributed by atoms with Crippen LogP contribution in [0.4, 0.5) is 5.95 Å². The average Bonchev–Trinajstić information content (AvgIpc) is 2.46. The van der Waals surface area contributed by atoms with Crippen molar-refractivity contribution in [2.24, 2.45) is 5.73 Å². The minimum Gasteiger partial charge on any atom is -0.382 e. The Labute approximate surface area is 122 Å². The highest BCUT2D eigenvalue weighted by molar-refractivity contribution is 6.30. The Balaban J connectivity index is 2.26. The molecule has 1 unspecified atom stereocenters. The molecule has 0 aliphatic heterocycles. The molecule has 104 valence electrons. The van der Waals surface area contributed by atoms with E-state index in [4.69, 9.17) is 22.7 Å². The van der Waals surface area contributed by atoms with E-state index in [1.807, 2.05) is 43.1 Å². The van der Waals surface area contributed by atoms with E-state index in [1.54, 1.807) is 12.3 Å². The second-order valence-corrected chi connectivity index (χ2v) is 4.93. The molecular formula is C14H16ClN5. The number of aromatic nitrogens is 2. The molecule has 0 radical (unpaired) electrons. The van der Waals surface area contributed by atoms with Crippen LogP contribution in [-0.4, -0.2) is 22.9 Å². The molecule has 0 aliphatic carbocycles. The summed E-state index contributed by atoms with van der Waals surface area (Å²) in [6.07, 6.45) is 1.60. The number of nitrogen functional groups attached to an aromatic ring is 1. The van der Waals surface area contributed by atoms with E-state index in [2.05, 4.69) is 9.97 Å². The van der Waals surface area contributed by atoms with Gasteiger partial charge in [-0.05, 0) is 30.7 Å². The number of halogens is 1. The average molecular weight is 290 g/mol. The molecule has 5 nitrogen and oxygen atoms in total. The van der Waals surface area contributed by atoms with E-state index in [9.17, 15) is 0 Å². The van der Waals surface area contributed by atoms with Crippen LogP contribution in [0.25, 0.3) is 0 Å². The van der Waals surface area contributed by atoms with Crippen molar-refractivity contribution in [1.82, 2.24) is 9.97 Å². The van der Waals surface area contributed by atoms with Gasteiger partial charge in [0.2, 0.25) is 5.95 Å². The van der Waals surface area contributed by atoms with Gasteiger partial charge >= 0.3 is 0 Å². The van der Waals surface area contributed by atoms with Crippen LogP contribution in [0.1, 0.15) is 24.2 Å². The number of nitrogens with one attached hydrogen (secondary N) is 1. The van der Waals surface area contributed by atoms with Gasteiger partial charge < -0.3 is 10.6 Å². The molecule has 0 bridgehead atoms. The van der Waals surface area contributed by atoms with Gasteiger partial charge in [-0.25, -0.2) is 9.97 Å². The number of hydrogen-bond acceptors (Lipinski definition) is 4. The third kappa shape index (κ3) is 3.05. The van der Waals surface area contributed by atoms with Gasteiger partial charge in [0.05, 0.1) is 6.04 Å². The summed E-state index contributed by atoms with van der Waals surface area (Å²) in [5.74, 6) is 0.460. The maximum atomic E-state index is 7.42. The number of benzene rings is 1. The van der Waals surface area contributed by atoms with Crippen LogP contribution in [0, 0.1) is 5.41 Å². The van der Waals surface area contributed by atoms with Gasteiger partial charge in [0.25, 0.3) is 0 Å². The van der Waals surface area contributed by atoms with Gasteiger partial charge in [0.15, 0.2) is 0 Å². The fourth-order valence-corrected chi connectivity index (χ4v) is 1.93. The lowest BCUT2D eigenvalue weighted by Gasteiger charge is -2.25. The van der Waals surface area contributed by atoms with E-state index in [1.165, 1.54) is 0 Å². The van der Waals surface area contributed by atoms with Crippen molar-refractivity contribution in [3.05, 3.63) is 52.8 Å². The second-order valence-electron chi connectivity index (χ2n) is 4.49. The van der Waals surface area contributed by atoms with Crippen LogP contribution in [0.15, 0.2) is 36.5 Å². The maximum Gasteiger partial charge on any atom is 0.226 e. The van der Waals surface area contributed by atoms with Crippen molar-refractivity contribution in [3.8, 4) is 0 Å². The number of rotatable bonds is 4. The molecular weight excluding hydrogens is 274 g/mol. The van der Waals surface area contributed by atoms with Crippen molar-refractivity contribution in [2.75, 3.05) is 11.9 Å². The van der Waals surface area contributed by atoms with E-state index in [0.29, 0.717) is 16.7 Å². The molecule has 0 fully saturated rings. The minimum atomic E-state index is -0.0683. The Morgan fingerprint density at radius 2 is 1.95 bits per heavy atom. The standard InChI is InChI=1S/C14H16ClN5/c1-9(10-3-5-11(15)6-4-10)20(2)14-18-8-7-12(19-14)13(16)17/h3-9H,1-2H3,(H3,16,17). The summed E-state index contributed by atoms with van der Waals surface area (Å²) in [5.41, 5.74) is 6.97. The topological polar surface area (TPSA) is 78.9 Å². The zero-order chi connectivity index (χ0) is 14.7. The van der Waals surface area contributed by atoms with Crippen molar-refractivity contribution in [2.45, 2.75) is 13.0 Å². The summed E-state index contributed by atoms with van der Waals surface area (Å²) in [6, 6.07) is 9.35. The Kier molecular flexibility index (Phi) is 4.20. The van der Waals surface area contributed by atoms with Crippen LogP contribution in [0.3, 0.4) is 0 Å². The largest absolute Gasteiger partial charge is 0.382 e. The van der Waals surface area contributed by atoms with Gasteiger partial charge in [0, 0.05) is 18.3 Å². The first-order valence-corrected chi connectivity index (χ1v) is 6.52. The molecule has 0 spiro atoms.